The van der Waals surface area contributed by atoms with Crippen molar-refractivity contribution in [2.75, 3.05) is 6.61 Å². The predicted octanol–water partition coefficient (Wildman–Crippen LogP) is 5.86. The highest BCUT2D eigenvalue weighted by Crippen LogP contribution is 2.36. The Morgan fingerprint density at radius 3 is 2.40 bits per heavy atom. The first-order valence-corrected chi connectivity index (χ1v) is 10.7. The van der Waals surface area contributed by atoms with Gasteiger partial charge in [-0.05, 0) is 49.6 Å². The first kappa shape index (κ1) is 22.0. The molecule has 0 fully saturated rings. The van der Waals surface area contributed by atoms with Crippen LogP contribution in [0.2, 0.25) is 0 Å². The quantitative estimate of drug-likeness (QED) is 0.501. The van der Waals surface area contributed by atoms with Gasteiger partial charge >= 0.3 is 5.97 Å². The molecule has 158 valence electrons. The number of benzene rings is 2. The molecule has 0 atom stereocenters. The van der Waals surface area contributed by atoms with Crippen molar-refractivity contribution < 1.29 is 19.4 Å². The highest BCUT2D eigenvalue weighted by molar-refractivity contribution is 7.21. The lowest BCUT2D eigenvalue weighted by Gasteiger charge is -2.27. The summed E-state index contributed by atoms with van der Waals surface area (Å²) in [5, 5.41) is 11.2. The van der Waals surface area contributed by atoms with Crippen LogP contribution in [0.5, 0.6) is 5.75 Å². The Kier molecular flexibility index (Phi) is 5.99. The van der Waals surface area contributed by atoms with E-state index in [1.54, 1.807) is 26.0 Å². The van der Waals surface area contributed by atoms with Crippen LogP contribution in [0.3, 0.4) is 0 Å². The van der Waals surface area contributed by atoms with Gasteiger partial charge in [0.2, 0.25) is 0 Å². The van der Waals surface area contributed by atoms with Gasteiger partial charge in [-0.15, -0.1) is 11.3 Å². The highest BCUT2D eigenvalue weighted by atomic mass is 32.1. The van der Waals surface area contributed by atoms with E-state index in [1.165, 1.54) is 17.4 Å². The van der Waals surface area contributed by atoms with Crippen molar-refractivity contribution in [2.45, 2.75) is 41.0 Å². The number of hydrogen-bond donors (Lipinski definition) is 1. The minimum atomic E-state index is -0.772. The maximum atomic E-state index is 12.5. The summed E-state index contributed by atoms with van der Waals surface area (Å²) in [6.45, 7) is 9.56. The minimum Gasteiger partial charge on any atom is -0.507 e. The number of nitrogens with zero attached hydrogens (tertiary/aromatic N) is 1. The van der Waals surface area contributed by atoms with Crippen LogP contribution < -0.4 is 0 Å². The number of fused-ring (bicyclic) bond motifs is 1. The Balaban J connectivity index is 1.71. The van der Waals surface area contributed by atoms with Crippen molar-refractivity contribution in [3.63, 3.8) is 0 Å². The van der Waals surface area contributed by atoms with Gasteiger partial charge in [-0.25, -0.2) is 9.78 Å². The molecule has 3 aromatic rings. The second-order valence-electron chi connectivity index (χ2n) is 9.34. The van der Waals surface area contributed by atoms with Gasteiger partial charge in [0.15, 0.2) is 0 Å². The van der Waals surface area contributed by atoms with Gasteiger partial charge in [0, 0.05) is 6.42 Å². The molecule has 0 saturated heterocycles. The fourth-order valence-electron chi connectivity index (χ4n) is 2.96. The zero-order valence-corrected chi connectivity index (χ0v) is 18.8. The van der Waals surface area contributed by atoms with Crippen LogP contribution in [0.4, 0.5) is 0 Å². The molecule has 5 nitrogen and oxygen atoms in total. The molecule has 2 aromatic carbocycles. The molecule has 1 heterocycles. The number of hydrogen-bond acceptors (Lipinski definition) is 6. The number of carbonyl (C=O) groups is 2. The zero-order chi connectivity index (χ0) is 22.1. The first-order valence-electron chi connectivity index (χ1n) is 9.86. The third-order valence-corrected chi connectivity index (χ3v) is 5.84. The van der Waals surface area contributed by atoms with Crippen LogP contribution in [-0.2, 0) is 9.53 Å². The molecule has 30 heavy (non-hydrogen) atoms. The Bertz CT molecular complexity index is 1060. The highest BCUT2D eigenvalue weighted by Gasteiger charge is 2.32. The summed E-state index contributed by atoms with van der Waals surface area (Å²) in [6, 6.07) is 12.4. The molecular weight excluding hydrogens is 398 g/mol. The molecule has 3 rings (SSSR count). The lowest BCUT2D eigenvalue weighted by Crippen LogP contribution is -2.33. The molecular formula is C24H27NO4S. The van der Waals surface area contributed by atoms with Gasteiger partial charge in [0.25, 0.3) is 0 Å². The number of phenols is 1. The molecule has 0 aliphatic rings. The van der Waals surface area contributed by atoms with Gasteiger partial charge in [-0.1, -0.05) is 32.9 Å². The van der Waals surface area contributed by atoms with E-state index >= 15 is 0 Å². The van der Waals surface area contributed by atoms with Gasteiger partial charge in [-0.3, -0.25) is 4.79 Å². The average Bonchev–Trinajstić information content (AvgIpc) is 3.08. The topological polar surface area (TPSA) is 76.5 Å². The second-order valence-corrected chi connectivity index (χ2v) is 10.4. The fraction of sp³-hybridized carbons (Fsp3) is 0.375. The van der Waals surface area contributed by atoms with Crippen molar-refractivity contribution in [2.24, 2.45) is 10.8 Å². The van der Waals surface area contributed by atoms with E-state index in [1.807, 2.05) is 45.0 Å². The molecule has 1 N–H and O–H groups in total. The molecule has 6 heteroatoms. The number of esters is 1. The number of phenolic OH excluding ortho intramolecular Hbond substituents is 1. The maximum absolute atomic E-state index is 12.5. The van der Waals surface area contributed by atoms with Crippen LogP contribution in [0.25, 0.3) is 20.8 Å². The molecule has 0 radical (unpaired) electrons. The van der Waals surface area contributed by atoms with Crippen molar-refractivity contribution in [3.05, 3.63) is 48.0 Å². The van der Waals surface area contributed by atoms with Crippen LogP contribution in [0.15, 0.2) is 42.5 Å². The summed E-state index contributed by atoms with van der Waals surface area (Å²) in [7, 11) is 0. The number of carbonyl (C=O) groups excluding carboxylic acids is 2. The molecule has 0 spiro atoms. The van der Waals surface area contributed by atoms with E-state index in [4.69, 9.17) is 4.74 Å². The third-order valence-electron chi connectivity index (χ3n) is 4.77. The van der Waals surface area contributed by atoms with E-state index in [0.29, 0.717) is 17.0 Å². The minimum absolute atomic E-state index is 0.0128. The Labute approximate surface area is 180 Å². The zero-order valence-electron chi connectivity index (χ0n) is 18.0. The smallest absolute Gasteiger partial charge is 0.338 e. The summed E-state index contributed by atoms with van der Waals surface area (Å²) in [4.78, 5) is 29.5. The normalized spacial score (nSPS) is 12.2. The number of aromatic nitrogens is 1. The van der Waals surface area contributed by atoms with Crippen LogP contribution in [-0.4, -0.2) is 28.4 Å². The van der Waals surface area contributed by atoms with Gasteiger partial charge in [-0.2, -0.15) is 0 Å². The monoisotopic (exact) mass is 425 g/mol. The molecule has 0 saturated carbocycles. The molecule has 0 bridgehead atoms. The van der Waals surface area contributed by atoms with Crippen LogP contribution in [0, 0.1) is 10.8 Å². The van der Waals surface area contributed by atoms with Crippen molar-refractivity contribution in [1.29, 1.82) is 0 Å². The molecule has 0 unspecified atom stereocenters. The van der Waals surface area contributed by atoms with Crippen LogP contribution in [0.1, 0.15) is 51.4 Å². The molecule has 1 aromatic heterocycles. The molecule has 0 amide bonds. The largest absolute Gasteiger partial charge is 0.507 e. The first-order chi connectivity index (χ1) is 14.0. The van der Waals surface area contributed by atoms with E-state index in [9.17, 15) is 14.7 Å². The summed E-state index contributed by atoms with van der Waals surface area (Å²) >= 11 is 1.48. The Hall–Kier alpha value is -2.73. The number of ketones is 1. The number of para-hydroxylation sites is 1. The summed E-state index contributed by atoms with van der Waals surface area (Å²) in [6.07, 6.45) is 0.412. The summed E-state index contributed by atoms with van der Waals surface area (Å²) < 4.78 is 6.42. The van der Waals surface area contributed by atoms with E-state index < -0.39 is 11.4 Å². The van der Waals surface area contributed by atoms with Gasteiger partial charge in [0.1, 0.15) is 23.1 Å². The second kappa shape index (κ2) is 8.19. The third kappa shape index (κ3) is 5.05. The lowest BCUT2D eigenvalue weighted by atomic mass is 9.79. The van der Waals surface area contributed by atoms with E-state index in [2.05, 4.69) is 4.98 Å². The average molecular weight is 426 g/mol. The number of ether oxygens (including phenoxy) is 1. The molecule has 0 aliphatic heterocycles. The Morgan fingerprint density at radius 2 is 1.77 bits per heavy atom. The maximum Gasteiger partial charge on any atom is 0.338 e. The van der Waals surface area contributed by atoms with Crippen LogP contribution >= 0.6 is 11.3 Å². The van der Waals surface area contributed by atoms with Gasteiger partial charge < -0.3 is 9.84 Å². The summed E-state index contributed by atoms with van der Waals surface area (Å²) in [5.74, 6) is -0.554. The fourth-order valence-corrected chi connectivity index (χ4v) is 3.96. The standard InChI is InChI=1S/C24H27NO4S/c1-23(2,3)13-20(27)24(4,5)14-29-22(28)15-10-11-16(18(26)12-15)21-25-17-8-6-7-9-19(17)30-21/h6-12,26H,13-14H2,1-5H3. The molecule has 0 aliphatic carbocycles. The number of thiazole rings is 1. The predicted molar refractivity (Wildman–Crippen MR) is 120 cm³/mol. The number of rotatable bonds is 6. The number of aromatic hydroxyl groups is 1. The Morgan fingerprint density at radius 1 is 1.07 bits per heavy atom. The lowest BCUT2D eigenvalue weighted by molar-refractivity contribution is -0.130. The van der Waals surface area contributed by atoms with Crippen molar-refractivity contribution >= 4 is 33.3 Å². The summed E-state index contributed by atoms with van der Waals surface area (Å²) in [5.41, 5.74) is 0.763. The number of Topliss-reactive ketones (excluding diaryl/α,β-unsaturated/α-hetero) is 1. The van der Waals surface area contributed by atoms with Crippen molar-refractivity contribution in [3.8, 4) is 16.3 Å². The van der Waals surface area contributed by atoms with Crippen molar-refractivity contribution in [1.82, 2.24) is 4.98 Å². The van der Waals surface area contributed by atoms with Gasteiger partial charge in [0.05, 0.1) is 26.8 Å². The van der Waals surface area contributed by atoms with E-state index in [0.717, 1.165) is 10.2 Å². The SMILES string of the molecule is CC(C)(C)CC(=O)C(C)(C)COC(=O)c1ccc(-c2nc3ccccc3s2)c(O)c1. The van der Waals surface area contributed by atoms with E-state index in [-0.39, 0.29) is 29.1 Å².